The second-order valence-corrected chi connectivity index (χ2v) is 10.0. The lowest BCUT2D eigenvalue weighted by Crippen LogP contribution is -2.45. The number of hydrogen-bond acceptors (Lipinski definition) is 4. The largest absolute Gasteiger partial charge is 0.394 e. The van der Waals surface area contributed by atoms with Gasteiger partial charge in [-0.15, -0.1) is 0 Å². The fourth-order valence-corrected chi connectivity index (χ4v) is 4.15. The number of carbonyl (C=O) groups is 1. The van der Waals surface area contributed by atoms with E-state index in [1.807, 2.05) is 6.08 Å². The summed E-state index contributed by atoms with van der Waals surface area (Å²) >= 11 is 0. The van der Waals surface area contributed by atoms with Crippen LogP contribution < -0.4 is 5.32 Å². The van der Waals surface area contributed by atoms with Crippen LogP contribution in [-0.2, 0) is 4.79 Å². The summed E-state index contributed by atoms with van der Waals surface area (Å²) in [4.78, 5) is 12.2. The third kappa shape index (κ3) is 23.0. The third-order valence-electron chi connectivity index (χ3n) is 6.48. The fraction of sp³-hybridized carbons (Fsp3) is 0.833. The van der Waals surface area contributed by atoms with Crippen LogP contribution >= 0.6 is 0 Å². The van der Waals surface area contributed by atoms with E-state index in [-0.39, 0.29) is 18.9 Å². The zero-order valence-electron chi connectivity index (χ0n) is 22.9. The van der Waals surface area contributed by atoms with Gasteiger partial charge >= 0.3 is 0 Å². The van der Waals surface area contributed by atoms with Crippen LogP contribution in [0.15, 0.2) is 24.3 Å². The lowest BCUT2D eigenvalue weighted by molar-refractivity contribution is -0.124. The van der Waals surface area contributed by atoms with Crippen LogP contribution in [0.25, 0.3) is 0 Å². The SMILES string of the molecule is CCCCC/C=C\CCCCCC(O)CC(=O)NC(CO)C(O)/C=C/CCCCCCCCCC. The second kappa shape index (κ2) is 25.9. The second-order valence-electron chi connectivity index (χ2n) is 10.0. The first-order chi connectivity index (χ1) is 17.0. The van der Waals surface area contributed by atoms with E-state index >= 15 is 0 Å². The molecular formula is C30H57NO4. The molecule has 0 bridgehead atoms. The predicted octanol–water partition coefficient (Wildman–Crippen LogP) is 6.75. The number of aliphatic hydroxyl groups is 3. The van der Waals surface area contributed by atoms with E-state index in [4.69, 9.17) is 0 Å². The molecule has 3 atom stereocenters. The molecule has 0 aliphatic rings. The average molecular weight is 496 g/mol. The number of amides is 1. The van der Waals surface area contributed by atoms with Crippen LogP contribution in [-0.4, -0.2) is 46.1 Å². The molecular weight excluding hydrogens is 438 g/mol. The molecule has 0 aromatic carbocycles. The Bertz CT molecular complexity index is 520. The maximum absolute atomic E-state index is 12.2. The minimum absolute atomic E-state index is 0.00250. The normalized spacial score (nSPS) is 14.5. The molecule has 0 radical (unpaired) electrons. The highest BCUT2D eigenvalue weighted by molar-refractivity contribution is 5.76. The van der Waals surface area contributed by atoms with E-state index in [0.717, 1.165) is 38.5 Å². The van der Waals surface area contributed by atoms with Crippen LogP contribution in [0.2, 0.25) is 0 Å². The first-order valence-corrected chi connectivity index (χ1v) is 14.6. The molecule has 35 heavy (non-hydrogen) atoms. The lowest BCUT2D eigenvalue weighted by Gasteiger charge is -2.21. The van der Waals surface area contributed by atoms with Crippen molar-refractivity contribution in [3.63, 3.8) is 0 Å². The fourth-order valence-electron chi connectivity index (χ4n) is 4.15. The Morgan fingerprint density at radius 1 is 0.714 bits per heavy atom. The number of carbonyl (C=O) groups excluding carboxylic acids is 1. The molecule has 0 saturated carbocycles. The summed E-state index contributed by atoms with van der Waals surface area (Å²) in [6.45, 7) is 4.11. The Morgan fingerprint density at radius 3 is 1.80 bits per heavy atom. The van der Waals surface area contributed by atoms with Gasteiger partial charge in [0.1, 0.15) is 0 Å². The van der Waals surface area contributed by atoms with Gasteiger partial charge in [-0.3, -0.25) is 4.79 Å². The Morgan fingerprint density at radius 2 is 1.20 bits per heavy atom. The van der Waals surface area contributed by atoms with Gasteiger partial charge in [-0.05, 0) is 44.9 Å². The van der Waals surface area contributed by atoms with E-state index in [2.05, 4.69) is 31.3 Å². The van der Waals surface area contributed by atoms with Crippen molar-refractivity contribution in [1.29, 1.82) is 0 Å². The van der Waals surface area contributed by atoms with Crippen LogP contribution in [0.3, 0.4) is 0 Å². The van der Waals surface area contributed by atoms with E-state index in [1.165, 1.54) is 70.6 Å². The van der Waals surface area contributed by atoms with Crippen LogP contribution in [0.1, 0.15) is 136 Å². The highest BCUT2D eigenvalue weighted by atomic mass is 16.3. The number of unbranched alkanes of at least 4 members (excludes halogenated alkanes) is 14. The number of aliphatic hydroxyl groups excluding tert-OH is 3. The van der Waals surface area contributed by atoms with Gasteiger partial charge in [0.25, 0.3) is 0 Å². The third-order valence-corrected chi connectivity index (χ3v) is 6.48. The molecule has 0 heterocycles. The summed E-state index contributed by atoms with van der Waals surface area (Å²) < 4.78 is 0. The van der Waals surface area contributed by atoms with Crippen LogP contribution in [0, 0.1) is 0 Å². The first kappa shape index (κ1) is 33.8. The van der Waals surface area contributed by atoms with Gasteiger partial charge in [-0.1, -0.05) is 109 Å². The zero-order valence-corrected chi connectivity index (χ0v) is 22.9. The summed E-state index contributed by atoms with van der Waals surface area (Å²) in [5, 5.41) is 32.7. The van der Waals surface area contributed by atoms with Gasteiger partial charge in [0.2, 0.25) is 5.91 Å². The van der Waals surface area contributed by atoms with Crippen molar-refractivity contribution >= 4 is 5.91 Å². The van der Waals surface area contributed by atoms with E-state index in [0.29, 0.717) is 6.42 Å². The monoisotopic (exact) mass is 495 g/mol. The minimum atomic E-state index is -0.926. The van der Waals surface area contributed by atoms with Gasteiger partial charge in [-0.2, -0.15) is 0 Å². The van der Waals surface area contributed by atoms with Crippen molar-refractivity contribution in [3.8, 4) is 0 Å². The van der Waals surface area contributed by atoms with Gasteiger partial charge < -0.3 is 20.6 Å². The van der Waals surface area contributed by atoms with Crippen LogP contribution in [0.5, 0.6) is 0 Å². The maximum Gasteiger partial charge on any atom is 0.222 e. The van der Waals surface area contributed by atoms with Crippen molar-refractivity contribution < 1.29 is 20.1 Å². The van der Waals surface area contributed by atoms with E-state index in [1.54, 1.807) is 6.08 Å². The summed E-state index contributed by atoms with van der Waals surface area (Å²) in [5.41, 5.74) is 0. The van der Waals surface area contributed by atoms with Gasteiger partial charge in [0.15, 0.2) is 0 Å². The number of rotatable bonds is 25. The minimum Gasteiger partial charge on any atom is -0.394 e. The molecule has 206 valence electrons. The standard InChI is InChI=1S/C30H57NO4/c1-3-5-7-9-11-13-15-17-19-21-23-27(33)25-30(35)31-28(26-32)29(34)24-22-20-18-16-14-12-10-8-6-4-2/h11,13,22,24,27-29,32-34H,3-10,12,14-21,23,25-26H2,1-2H3,(H,31,35)/b13-11-,24-22+. The van der Waals surface area contributed by atoms with Gasteiger partial charge in [0.05, 0.1) is 31.3 Å². The predicted molar refractivity (Wildman–Crippen MR) is 148 cm³/mol. The summed E-state index contributed by atoms with van der Waals surface area (Å²) in [7, 11) is 0. The quantitative estimate of drug-likeness (QED) is 0.0833. The summed E-state index contributed by atoms with van der Waals surface area (Å²) in [6, 6.07) is -0.742. The van der Waals surface area contributed by atoms with E-state index < -0.39 is 18.2 Å². The van der Waals surface area contributed by atoms with Crippen molar-refractivity contribution in [3.05, 3.63) is 24.3 Å². The topological polar surface area (TPSA) is 89.8 Å². The molecule has 1 amide bonds. The molecule has 0 aromatic heterocycles. The molecule has 0 aromatic rings. The van der Waals surface area contributed by atoms with Gasteiger partial charge in [-0.25, -0.2) is 0 Å². The molecule has 0 fully saturated rings. The highest BCUT2D eigenvalue weighted by Crippen LogP contribution is 2.11. The van der Waals surface area contributed by atoms with Crippen molar-refractivity contribution in [2.45, 2.75) is 154 Å². The van der Waals surface area contributed by atoms with Crippen molar-refractivity contribution in [1.82, 2.24) is 5.32 Å². The Hall–Kier alpha value is -1.17. The average Bonchev–Trinajstić information content (AvgIpc) is 2.84. The molecule has 0 spiro atoms. The molecule has 0 rings (SSSR count). The maximum atomic E-state index is 12.2. The van der Waals surface area contributed by atoms with Crippen LogP contribution in [0.4, 0.5) is 0 Å². The molecule has 0 saturated heterocycles. The first-order valence-electron chi connectivity index (χ1n) is 14.6. The zero-order chi connectivity index (χ0) is 26.0. The number of allylic oxidation sites excluding steroid dienone is 3. The Kier molecular flexibility index (Phi) is 25.0. The molecule has 0 aliphatic heterocycles. The summed E-state index contributed by atoms with van der Waals surface area (Å²) in [5.74, 6) is -0.331. The van der Waals surface area contributed by atoms with Gasteiger partial charge in [0, 0.05) is 0 Å². The smallest absolute Gasteiger partial charge is 0.222 e. The number of nitrogens with one attached hydrogen (secondary N) is 1. The summed E-state index contributed by atoms with van der Waals surface area (Å²) in [6.07, 6.45) is 27.2. The van der Waals surface area contributed by atoms with Crippen molar-refractivity contribution in [2.24, 2.45) is 0 Å². The Balaban J connectivity index is 3.88. The molecule has 0 aliphatic carbocycles. The molecule has 5 heteroatoms. The molecule has 3 unspecified atom stereocenters. The number of hydrogen-bond donors (Lipinski definition) is 4. The molecule has 5 nitrogen and oxygen atoms in total. The Labute approximate surface area is 216 Å². The molecule has 4 N–H and O–H groups in total. The van der Waals surface area contributed by atoms with E-state index in [9.17, 15) is 20.1 Å². The highest BCUT2D eigenvalue weighted by Gasteiger charge is 2.19. The van der Waals surface area contributed by atoms with Crippen molar-refractivity contribution in [2.75, 3.05) is 6.61 Å². The lowest BCUT2D eigenvalue weighted by atomic mass is 10.0.